The molecule has 0 saturated carbocycles. The second-order valence-corrected chi connectivity index (χ2v) is 4.15. The summed E-state index contributed by atoms with van der Waals surface area (Å²) in [6.07, 6.45) is 1.12. The van der Waals surface area contributed by atoms with Crippen LogP contribution in [-0.2, 0) is 0 Å². The second-order valence-electron chi connectivity index (χ2n) is 3.81. The maximum Gasteiger partial charge on any atom is 0.231 e. The summed E-state index contributed by atoms with van der Waals surface area (Å²) in [6, 6.07) is 0. The fourth-order valence-corrected chi connectivity index (χ4v) is 1.52. The maximum atomic E-state index is 5.75. The van der Waals surface area contributed by atoms with Gasteiger partial charge >= 0.3 is 0 Å². The number of nitrogens with two attached hydrogens (primary N) is 1. The lowest BCUT2D eigenvalue weighted by atomic mass is 10.1. The Morgan fingerprint density at radius 1 is 1.31 bits per heavy atom. The van der Waals surface area contributed by atoms with E-state index >= 15 is 0 Å². The molecule has 0 radical (unpaired) electrons. The van der Waals surface area contributed by atoms with E-state index in [2.05, 4.69) is 40.6 Å². The summed E-state index contributed by atoms with van der Waals surface area (Å²) in [6.45, 7) is 8.12. The van der Waals surface area contributed by atoms with Crippen LogP contribution in [0.25, 0.3) is 0 Å². The van der Waals surface area contributed by atoms with E-state index in [0.717, 1.165) is 19.5 Å². The molecule has 1 aromatic heterocycles. The van der Waals surface area contributed by atoms with Gasteiger partial charge in [-0.2, -0.15) is 15.0 Å². The van der Waals surface area contributed by atoms with Crippen molar-refractivity contribution < 1.29 is 0 Å². The van der Waals surface area contributed by atoms with Crippen molar-refractivity contribution in [1.29, 1.82) is 0 Å². The van der Waals surface area contributed by atoms with E-state index in [1.807, 2.05) is 0 Å². The van der Waals surface area contributed by atoms with E-state index < -0.39 is 0 Å². The molecule has 0 bridgehead atoms. The standard InChI is InChI=1S/C10H18ClN5/c1-4-7(3)6-16(5-2)10-14-8(11)13-9(12)15-10/h7H,4-6H2,1-3H3,(H2,12,13,14,15). The van der Waals surface area contributed by atoms with E-state index in [-0.39, 0.29) is 11.2 Å². The van der Waals surface area contributed by atoms with Crippen LogP contribution in [0.4, 0.5) is 11.9 Å². The lowest BCUT2D eigenvalue weighted by Gasteiger charge is -2.23. The number of rotatable bonds is 5. The predicted octanol–water partition coefficient (Wildman–Crippen LogP) is 1.98. The minimum atomic E-state index is 0.144. The average molecular weight is 244 g/mol. The zero-order chi connectivity index (χ0) is 12.1. The van der Waals surface area contributed by atoms with Gasteiger partial charge in [0.1, 0.15) is 0 Å². The molecule has 1 atom stereocenters. The number of hydrogen-bond donors (Lipinski definition) is 1. The molecule has 1 unspecified atom stereocenters. The Labute approximate surface area is 101 Å². The molecule has 0 aliphatic heterocycles. The first-order valence-electron chi connectivity index (χ1n) is 5.48. The molecule has 0 aliphatic rings. The van der Waals surface area contributed by atoms with Gasteiger partial charge in [0.15, 0.2) is 0 Å². The van der Waals surface area contributed by atoms with Crippen molar-refractivity contribution in [2.45, 2.75) is 27.2 Å². The van der Waals surface area contributed by atoms with Crippen molar-refractivity contribution in [2.24, 2.45) is 5.92 Å². The van der Waals surface area contributed by atoms with Crippen molar-refractivity contribution in [3.63, 3.8) is 0 Å². The van der Waals surface area contributed by atoms with Crippen LogP contribution in [-0.4, -0.2) is 28.0 Å². The van der Waals surface area contributed by atoms with E-state index in [1.54, 1.807) is 0 Å². The van der Waals surface area contributed by atoms with Gasteiger partial charge in [0.25, 0.3) is 0 Å². The quantitative estimate of drug-likeness (QED) is 0.857. The van der Waals surface area contributed by atoms with E-state index in [9.17, 15) is 0 Å². The molecule has 0 aliphatic carbocycles. The Morgan fingerprint density at radius 3 is 2.50 bits per heavy atom. The van der Waals surface area contributed by atoms with Crippen molar-refractivity contribution in [1.82, 2.24) is 15.0 Å². The Bertz CT molecular complexity index is 324. The lowest BCUT2D eigenvalue weighted by Crippen LogP contribution is -2.30. The van der Waals surface area contributed by atoms with Gasteiger partial charge in [-0.05, 0) is 24.4 Å². The molecule has 2 N–H and O–H groups in total. The molecule has 0 spiro atoms. The summed E-state index contributed by atoms with van der Waals surface area (Å²) in [4.78, 5) is 14.0. The number of halogens is 1. The van der Waals surface area contributed by atoms with Crippen LogP contribution in [0.3, 0.4) is 0 Å². The van der Waals surface area contributed by atoms with Crippen LogP contribution in [0.1, 0.15) is 27.2 Å². The minimum Gasteiger partial charge on any atom is -0.368 e. The average Bonchev–Trinajstić information content (AvgIpc) is 2.24. The lowest BCUT2D eigenvalue weighted by molar-refractivity contribution is 0.542. The third-order valence-corrected chi connectivity index (χ3v) is 2.68. The van der Waals surface area contributed by atoms with E-state index in [0.29, 0.717) is 11.9 Å². The normalized spacial score (nSPS) is 12.5. The highest BCUT2D eigenvalue weighted by Crippen LogP contribution is 2.14. The molecule has 5 nitrogen and oxygen atoms in total. The maximum absolute atomic E-state index is 5.75. The van der Waals surface area contributed by atoms with Gasteiger partial charge in [-0.3, -0.25) is 0 Å². The molecular formula is C10H18ClN5. The molecule has 0 amide bonds. The van der Waals surface area contributed by atoms with Crippen molar-refractivity contribution in [3.05, 3.63) is 5.28 Å². The fourth-order valence-electron chi connectivity index (χ4n) is 1.35. The first kappa shape index (κ1) is 13.0. The molecule has 0 fully saturated rings. The minimum absolute atomic E-state index is 0.144. The molecule has 90 valence electrons. The number of nitrogen functional groups attached to an aromatic ring is 1. The third-order valence-electron chi connectivity index (χ3n) is 2.51. The third kappa shape index (κ3) is 3.48. The van der Waals surface area contributed by atoms with Crippen molar-refractivity contribution >= 4 is 23.5 Å². The van der Waals surface area contributed by atoms with Crippen LogP contribution in [0, 0.1) is 5.92 Å². The molecule has 0 saturated heterocycles. The van der Waals surface area contributed by atoms with E-state index in [1.165, 1.54) is 0 Å². The monoisotopic (exact) mass is 243 g/mol. The summed E-state index contributed by atoms with van der Waals surface area (Å²) < 4.78 is 0. The molecule has 1 aromatic rings. The Kier molecular flexibility index (Phi) is 4.73. The van der Waals surface area contributed by atoms with Crippen LogP contribution >= 0.6 is 11.6 Å². The van der Waals surface area contributed by atoms with Gasteiger partial charge in [0, 0.05) is 13.1 Å². The highest BCUT2D eigenvalue weighted by molar-refractivity contribution is 6.28. The Morgan fingerprint density at radius 2 is 2.00 bits per heavy atom. The molecular weight excluding hydrogens is 226 g/mol. The SMILES string of the molecule is CCC(C)CN(CC)c1nc(N)nc(Cl)n1. The fraction of sp³-hybridized carbons (Fsp3) is 0.700. The van der Waals surface area contributed by atoms with Gasteiger partial charge in [-0.25, -0.2) is 0 Å². The molecule has 1 rings (SSSR count). The molecule has 1 heterocycles. The van der Waals surface area contributed by atoms with Crippen LogP contribution < -0.4 is 10.6 Å². The van der Waals surface area contributed by atoms with Gasteiger partial charge in [0.05, 0.1) is 0 Å². The summed E-state index contributed by atoms with van der Waals surface area (Å²) in [5, 5.41) is 0.144. The number of hydrogen-bond acceptors (Lipinski definition) is 5. The number of aromatic nitrogens is 3. The number of nitrogens with zero attached hydrogens (tertiary/aromatic N) is 4. The van der Waals surface area contributed by atoms with Gasteiger partial charge in [0.2, 0.25) is 17.2 Å². The van der Waals surface area contributed by atoms with Crippen molar-refractivity contribution in [3.8, 4) is 0 Å². The Balaban J connectivity index is 2.86. The molecule has 6 heteroatoms. The zero-order valence-electron chi connectivity index (χ0n) is 9.94. The van der Waals surface area contributed by atoms with Gasteiger partial charge < -0.3 is 10.6 Å². The highest BCUT2D eigenvalue weighted by Gasteiger charge is 2.12. The smallest absolute Gasteiger partial charge is 0.231 e. The topological polar surface area (TPSA) is 67.9 Å². The predicted molar refractivity (Wildman–Crippen MR) is 66.6 cm³/mol. The number of anilines is 2. The summed E-state index contributed by atoms with van der Waals surface area (Å²) in [5.41, 5.74) is 5.54. The van der Waals surface area contributed by atoms with Crippen molar-refractivity contribution in [2.75, 3.05) is 23.7 Å². The molecule has 16 heavy (non-hydrogen) atoms. The van der Waals surface area contributed by atoms with Crippen LogP contribution in [0.2, 0.25) is 5.28 Å². The molecule has 0 aromatic carbocycles. The second kappa shape index (κ2) is 5.84. The summed E-state index contributed by atoms with van der Waals surface area (Å²) in [7, 11) is 0. The van der Waals surface area contributed by atoms with E-state index in [4.69, 9.17) is 17.3 Å². The first-order chi connectivity index (χ1) is 7.56. The Hall–Kier alpha value is -1.10. The largest absolute Gasteiger partial charge is 0.368 e. The highest BCUT2D eigenvalue weighted by atomic mass is 35.5. The van der Waals surface area contributed by atoms with Crippen LogP contribution in [0.5, 0.6) is 0 Å². The summed E-state index contributed by atoms with van der Waals surface area (Å²) in [5.74, 6) is 1.30. The summed E-state index contributed by atoms with van der Waals surface area (Å²) >= 11 is 5.75. The first-order valence-corrected chi connectivity index (χ1v) is 5.86. The van der Waals surface area contributed by atoms with Gasteiger partial charge in [-0.15, -0.1) is 0 Å². The van der Waals surface area contributed by atoms with Gasteiger partial charge in [-0.1, -0.05) is 20.3 Å². The van der Waals surface area contributed by atoms with Crippen LogP contribution in [0.15, 0.2) is 0 Å². The zero-order valence-corrected chi connectivity index (χ0v) is 10.7.